The molecule has 6 heteroatoms. The van der Waals surface area contributed by atoms with Crippen molar-refractivity contribution in [2.24, 2.45) is 11.3 Å². The lowest BCUT2D eigenvalue weighted by Gasteiger charge is -2.45. The summed E-state index contributed by atoms with van der Waals surface area (Å²) in [6.07, 6.45) is 4.01. The molecule has 0 saturated carbocycles. The Kier molecular flexibility index (Phi) is 6.81. The number of aromatic nitrogens is 1. The fourth-order valence-electron chi connectivity index (χ4n) is 4.29. The standard InChI is InChI=1S/C24H30ClN3O2/c1-16(2)21(27-22(29)18-6-5-12-26-14-18)23(30)28-13-11-20(24(3,4)15-28)17-7-9-19(25)10-8-17/h5-10,12,14,16,20-21H,11,13,15H2,1-4H3,(H,27,29)/t20-,21-/m1/s1. The first-order valence-corrected chi connectivity index (χ1v) is 10.8. The first-order valence-electron chi connectivity index (χ1n) is 10.4. The maximum absolute atomic E-state index is 13.4. The number of piperidine rings is 1. The zero-order chi connectivity index (χ0) is 21.9. The number of pyridine rings is 1. The van der Waals surface area contributed by atoms with Crippen molar-refractivity contribution in [2.45, 2.75) is 46.1 Å². The van der Waals surface area contributed by atoms with Crippen LogP contribution in [0.2, 0.25) is 5.02 Å². The van der Waals surface area contributed by atoms with E-state index in [9.17, 15) is 9.59 Å². The van der Waals surface area contributed by atoms with Crippen molar-refractivity contribution in [1.29, 1.82) is 0 Å². The van der Waals surface area contributed by atoms with Crippen LogP contribution in [-0.4, -0.2) is 40.8 Å². The molecule has 3 rings (SSSR count). The van der Waals surface area contributed by atoms with Gasteiger partial charge in [0.1, 0.15) is 6.04 Å². The summed E-state index contributed by atoms with van der Waals surface area (Å²) in [6.45, 7) is 9.62. The Bertz CT molecular complexity index is 881. The van der Waals surface area contributed by atoms with E-state index in [0.717, 1.165) is 11.4 Å². The van der Waals surface area contributed by atoms with E-state index in [0.29, 0.717) is 24.6 Å². The summed E-state index contributed by atoms with van der Waals surface area (Å²) in [4.78, 5) is 31.9. The minimum absolute atomic E-state index is 0.0183. The van der Waals surface area contributed by atoms with E-state index >= 15 is 0 Å². The number of likely N-dealkylation sites (tertiary alicyclic amines) is 1. The molecule has 1 aromatic carbocycles. The highest BCUT2D eigenvalue weighted by Gasteiger charge is 2.40. The van der Waals surface area contributed by atoms with Crippen LogP contribution in [0.4, 0.5) is 0 Å². The van der Waals surface area contributed by atoms with Crippen molar-refractivity contribution >= 4 is 23.4 Å². The summed E-state index contributed by atoms with van der Waals surface area (Å²) < 4.78 is 0. The van der Waals surface area contributed by atoms with E-state index in [1.54, 1.807) is 18.3 Å². The molecule has 2 aromatic rings. The summed E-state index contributed by atoms with van der Waals surface area (Å²) >= 11 is 6.05. The molecule has 160 valence electrons. The molecule has 1 aliphatic rings. The molecule has 0 radical (unpaired) electrons. The molecule has 0 bridgehead atoms. The van der Waals surface area contributed by atoms with Crippen molar-refractivity contribution in [2.75, 3.05) is 13.1 Å². The lowest BCUT2D eigenvalue weighted by molar-refractivity contribution is -0.137. The van der Waals surface area contributed by atoms with Crippen LogP contribution in [0.25, 0.3) is 0 Å². The smallest absolute Gasteiger partial charge is 0.253 e. The lowest BCUT2D eigenvalue weighted by Crippen LogP contribution is -2.55. The van der Waals surface area contributed by atoms with Gasteiger partial charge in [-0.2, -0.15) is 0 Å². The van der Waals surface area contributed by atoms with Crippen molar-refractivity contribution in [3.63, 3.8) is 0 Å². The molecule has 2 amide bonds. The number of nitrogens with zero attached hydrogens (tertiary/aromatic N) is 2. The third-order valence-electron chi connectivity index (χ3n) is 5.96. The Hall–Kier alpha value is -2.40. The number of rotatable bonds is 5. The number of carbonyl (C=O) groups excluding carboxylic acids is 2. The van der Waals surface area contributed by atoms with Crippen LogP contribution in [-0.2, 0) is 4.79 Å². The van der Waals surface area contributed by atoms with E-state index in [1.807, 2.05) is 30.9 Å². The Morgan fingerprint density at radius 3 is 2.47 bits per heavy atom. The third-order valence-corrected chi connectivity index (χ3v) is 6.21. The molecule has 1 fully saturated rings. The van der Waals surface area contributed by atoms with Crippen LogP contribution >= 0.6 is 11.6 Å². The van der Waals surface area contributed by atoms with E-state index in [1.165, 1.54) is 11.8 Å². The highest BCUT2D eigenvalue weighted by Crippen LogP contribution is 2.42. The second-order valence-electron chi connectivity index (χ2n) is 9.08. The molecule has 5 nitrogen and oxygen atoms in total. The fraction of sp³-hybridized carbons (Fsp3) is 0.458. The van der Waals surface area contributed by atoms with Gasteiger partial charge in [0.2, 0.25) is 5.91 Å². The van der Waals surface area contributed by atoms with Gasteiger partial charge in [0.05, 0.1) is 5.56 Å². The van der Waals surface area contributed by atoms with Gasteiger partial charge in [-0.1, -0.05) is 51.4 Å². The number of amides is 2. The zero-order valence-electron chi connectivity index (χ0n) is 18.1. The van der Waals surface area contributed by atoms with Crippen molar-refractivity contribution in [1.82, 2.24) is 15.2 Å². The topological polar surface area (TPSA) is 62.3 Å². The highest BCUT2D eigenvalue weighted by molar-refractivity contribution is 6.30. The summed E-state index contributed by atoms with van der Waals surface area (Å²) in [5.74, 6) is 0.0341. The van der Waals surface area contributed by atoms with Crippen LogP contribution < -0.4 is 5.32 Å². The summed E-state index contributed by atoms with van der Waals surface area (Å²) in [5.41, 5.74) is 1.62. The van der Waals surface area contributed by atoms with Gasteiger partial charge in [-0.3, -0.25) is 14.6 Å². The molecule has 1 N–H and O–H groups in total. The van der Waals surface area contributed by atoms with E-state index < -0.39 is 6.04 Å². The second-order valence-corrected chi connectivity index (χ2v) is 9.51. The number of hydrogen-bond donors (Lipinski definition) is 1. The molecule has 1 saturated heterocycles. The van der Waals surface area contributed by atoms with Crippen LogP contribution in [0.3, 0.4) is 0 Å². The normalized spacial score (nSPS) is 19.4. The van der Waals surface area contributed by atoms with Crippen molar-refractivity contribution in [3.05, 3.63) is 64.9 Å². The van der Waals surface area contributed by atoms with E-state index in [-0.39, 0.29) is 23.1 Å². The van der Waals surface area contributed by atoms with Gasteiger partial charge < -0.3 is 10.2 Å². The summed E-state index contributed by atoms with van der Waals surface area (Å²) in [5, 5.41) is 3.65. The molecular weight excluding hydrogens is 398 g/mol. The average Bonchev–Trinajstić information content (AvgIpc) is 2.72. The second kappa shape index (κ2) is 9.17. The minimum Gasteiger partial charge on any atom is -0.340 e. The molecule has 30 heavy (non-hydrogen) atoms. The molecule has 1 aromatic heterocycles. The van der Waals surface area contributed by atoms with E-state index in [4.69, 9.17) is 11.6 Å². The maximum Gasteiger partial charge on any atom is 0.253 e. The Morgan fingerprint density at radius 1 is 1.20 bits per heavy atom. The Labute approximate surface area is 183 Å². The largest absolute Gasteiger partial charge is 0.340 e. The Morgan fingerprint density at radius 2 is 1.90 bits per heavy atom. The predicted molar refractivity (Wildman–Crippen MR) is 120 cm³/mol. The van der Waals surface area contributed by atoms with Gasteiger partial charge in [0.15, 0.2) is 0 Å². The van der Waals surface area contributed by atoms with E-state index in [2.05, 4.69) is 36.3 Å². The lowest BCUT2D eigenvalue weighted by atomic mass is 9.70. The molecule has 2 atom stereocenters. The quantitative estimate of drug-likeness (QED) is 0.762. The molecule has 0 spiro atoms. The number of hydrogen-bond acceptors (Lipinski definition) is 3. The number of nitrogens with one attached hydrogen (secondary N) is 1. The SMILES string of the molecule is CC(C)[C@@H](NC(=O)c1cccnc1)C(=O)N1CC[C@H](c2ccc(Cl)cc2)C(C)(C)C1. The molecule has 1 aliphatic heterocycles. The van der Waals surface area contributed by atoms with Crippen LogP contribution in [0, 0.1) is 11.3 Å². The number of halogens is 1. The van der Waals surface area contributed by atoms with Gasteiger partial charge in [0, 0.05) is 30.5 Å². The minimum atomic E-state index is -0.569. The first kappa shape index (κ1) is 22.3. The van der Waals surface area contributed by atoms with Gasteiger partial charge in [-0.05, 0) is 53.5 Å². The monoisotopic (exact) mass is 427 g/mol. The molecular formula is C24H30ClN3O2. The molecule has 0 aliphatic carbocycles. The predicted octanol–water partition coefficient (Wildman–Crippen LogP) is 4.53. The Balaban J connectivity index is 1.72. The van der Waals surface area contributed by atoms with Gasteiger partial charge in [0.25, 0.3) is 5.91 Å². The van der Waals surface area contributed by atoms with Crippen LogP contribution in [0.1, 0.15) is 56.0 Å². The van der Waals surface area contributed by atoms with Crippen LogP contribution in [0.15, 0.2) is 48.8 Å². The summed E-state index contributed by atoms with van der Waals surface area (Å²) in [7, 11) is 0. The van der Waals surface area contributed by atoms with Gasteiger partial charge >= 0.3 is 0 Å². The van der Waals surface area contributed by atoms with Gasteiger partial charge in [-0.25, -0.2) is 0 Å². The fourth-order valence-corrected chi connectivity index (χ4v) is 4.42. The van der Waals surface area contributed by atoms with Crippen molar-refractivity contribution in [3.8, 4) is 0 Å². The average molecular weight is 428 g/mol. The number of carbonyl (C=O) groups is 2. The maximum atomic E-state index is 13.4. The van der Waals surface area contributed by atoms with Gasteiger partial charge in [-0.15, -0.1) is 0 Å². The molecule has 2 heterocycles. The van der Waals surface area contributed by atoms with Crippen molar-refractivity contribution < 1.29 is 9.59 Å². The summed E-state index contributed by atoms with van der Waals surface area (Å²) in [6, 6.07) is 10.9. The van der Waals surface area contributed by atoms with Crippen LogP contribution in [0.5, 0.6) is 0 Å². The number of benzene rings is 1. The first-order chi connectivity index (χ1) is 14.2. The zero-order valence-corrected chi connectivity index (χ0v) is 18.8. The third kappa shape index (κ3) is 5.01. The highest BCUT2D eigenvalue weighted by atomic mass is 35.5. The molecule has 0 unspecified atom stereocenters.